The summed E-state index contributed by atoms with van der Waals surface area (Å²) >= 11 is 0. The molecule has 0 fully saturated rings. The van der Waals surface area contributed by atoms with Crippen LogP contribution in [0.1, 0.15) is 8.35 Å². The average Bonchev–Trinajstić information content (AvgIpc) is 2.40. The van der Waals surface area contributed by atoms with Crippen molar-refractivity contribution in [2.45, 2.75) is 6.92 Å². The van der Waals surface area contributed by atoms with E-state index in [4.69, 9.17) is 4.43 Å². The van der Waals surface area contributed by atoms with Crippen molar-refractivity contribution >= 4 is 24.9 Å². The standard InChI is InChI=1S/C14H14O3Si.Na.H/c1-12(15)17-18(16,13-8-4-2-5-9-13)14-10-6-3-7-11-14;;/h2-11,16H,1H3;;/q;+1;-1. The van der Waals surface area contributed by atoms with E-state index < -0.39 is 14.5 Å². The Labute approximate surface area is 137 Å². The Morgan fingerprint density at radius 3 is 1.68 bits per heavy atom. The monoisotopic (exact) mass is 282 g/mol. The maximum Gasteiger partial charge on any atom is 1.00 e. The minimum absolute atomic E-state index is 0. The van der Waals surface area contributed by atoms with Gasteiger partial charge >= 0.3 is 38.1 Å². The molecule has 0 heterocycles. The van der Waals surface area contributed by atoms with E-state index >= 15 is 0 Å². The van der Waals surface area contributed by atoms with Gasteiger partial charge in [0.25, 0.3) is 5.97 Å². The van der Waals surface area contributed by atoms with Gasteiger partial charge in [0.05, 0.1) is 0 Å². The Bertz CT molecular complexity index is 497. The number of hydrogen-bond donors (Lipinski definition) is 1. The van der Waals surface area contributed by atoms with Crippen LogP contribution >= 0.6 is 0 Å². The SMILES string of the molecule is CC(=O)O[Si](O)(c1ccccc1)c1ccccc1.[H-].[Na+]. The fraction of sp³-hybridized carbons (Fsp3) is 0.0714. The molecule has 2 aromatic carbocycles. The summed E-state index contributed by atoms with van der Waals surface area (Å²) in [6.45, 7) is 1.31. The zero-order valence-electron chi connectivity index (χ0n) is 12.0. The van der Waals surface area contributed by atoms with Crippen molar-refractivity contribution in [1.82, 2.24) is 0 Å². The third-order valence-electron chi connectivity index (χ3n) is 2.62. The van der Waals surface area contributed by atoms with Crippen LogP contribution in [0.5, 0.6) is 0 Å². The van der Waals surface area contributed by atoms with Crippen molar-refractivity contribution in [2.75, 3.05) is 0 Å². The third kappa shape index (κ3) is 3.78. The van der Waals surface area contributed by atoms with E-state index in [1.165, 1.54) is 6.92 Å². The Balaban J connectivity index is 0.00000180. The number of benzene rings is 2. The van der Waals surface area contributed by atoms with Crippen molar-refractivity contribution in [3.05, 3.63) is 60.7 Å². The molecule has 0 aliphatic carbocycles. The van der Waals surface area contributed by atoms with E-state index in [0.717, 1.165) is 0 Å². The molecule has 0 saturated heterocycles. The maximum absolute atomic E-state index is 11.3. The van der Waals surface area contributed by atoms with Gasteiger partial charge in [0, 0.05) is 17.3 Å². The van der Waals surface area contributed by atoms with Crippen LogP contribution in [0.25, 0.3) is 0 Å². The fourth-order valence-electron chi connectivity index (χ4n) is 1.82. The Hall–Kier alpha value is -0.913. The van der Waals surface area contributed by atoms with Gasteiger partial charge < -0.3 is 10.6 Å². The van der Waals surface area contributed by atoms with Crippen LogP contribution in [0.3, 0.4) is 0 Å². The molecule has 0 spiro atoms. The van der Waals surface area contributed by atoms with Gasteiger partial charge in [-0.1, -0.05) is 60.7 Å². The van der Waals surface area contributed by atoms with E-state index in [0.29, 0.717) is 10.4 Å². The zero-order valence-corrected chi connectivity index (χ0v) is 14.0. The molecule has 0 aromatic heterocycles. The summed E-state index contributed by atoms with van der Waals surface area (Å²) < 4.78 is 5.27. The molecule has 2 aromatic rings. The van der Waals surface area contributed by atoms with Crippen LogP contribution in [-0.2, 0) is 9.22 Å². The molecule has 0 radical (unpaired) electrons. The Morgan fingerprint density at radius 2 is 1.37 bits per heavy atom. The summed E-state index contributed by atoms with van der Waals surface area (Å²) in [6.07, 6.45) is 0. The quantitative estimate of drug-likeness (QED) is 0.657. The van der Waals surface area contributed by atoms with Crippen LogP contribution in [0.15, 0.2) is 60.7 Å². The Morgan fingerprint density at radius 1 is 1.00 bits per heavy atom. The molecule has 0 aliphatic rings. The Kier molecular flexibility index (Phi) is 5.97. The van der Waals surface area contributed by atoms with Gasteiger partial charge in [-0.25, -0.2) is 0 Å². The van der Waals surface area contributed by atoms with Gasteiger partial charge in [0.1, 0.15) is 0 Å². The number of carbonyl (C=O) groups excluding carboxylic acids is 1. The summed E-state index contributed by atoms with van der Waals surface area (Å²) in [5.74, 6) is -0.475. The number of carbonyl (C=O) groups is 1. The van der Waals surface area contributed by atoms with Gasteiger partial charge in [-0.15, -0.1) is 0 Å². The molecule has 0 atom stereocenters. The van der Waals surface area contributed by atoms with Crippen molar-refractivity contribution in [3.63, 3.8) is 0 Å². The summed E-state index contributed by atoms with van der Waals surface area (Å²) in [6, 6.07) is 18.1. The first-order valence-electron chi connectivity index (χ1n) is 5.66. The molecule has 0 saturated carbocycles. The first-order chi connectivity index (χ1) is 8.63. The molecular formula is C14H15NaO3Si. The molecule has 94 valence electrons. The molecule has 1 N–H and O–H groups in total. The second kappa shape index (κ2) is 7.03. The van der Waals surface area contributed by atoms with Crippen molar-refractivity contribution in [3.8, 4) is 0 Å². The number of hydrogen-bond acceptors (Lipinski definition) is 3. The summed E-state index contributed by atoms with van der Waals surface area (Å²) in [7, 11) is -3.41. The van der Waals surface area contributed by atoms with Crippen molar-refractivity contribution in [1.29, 1.82) is 0 Å². The van der Waals surface area contributed by atoms with Gasteiger partial charge in [0.15, 0.2) is 0 Å². The third-order valence-corrected chi connectivity index (χ3v) is 5.44. The van der Waals surface area contributed by atoms with Crippen LogP contribution in [0.2, 0.25) is 0 Å². The van der Waals surface area contributed by atoms with Crippen LogP contribution in [-0.4, -0.2) is 19.3 Å². The predicted octanol–water partition coefficient (Wildman–Crippen LogP) is -2.09. The average molecular weight is 282 g/mol. The smallest absolute Gasteiger partial charge is 1.00 e. The minimum Gasteiger partial charge on any atom is -1.00 e. The van der Waals surface area contributed by atoms with E-state index in [1.54, 1.807) is 24.3 Å². The fourth-order valence-corrected chi connectivity index (χ4v) is 4.09. The van der Waals surface area contributed by atoms with Gasteiger partial charge in [-0.05, 0) is 0 Å². The van der Waals surface area contributed by atoms with Crippen LogP contribution in [0.4, 0.5) is 0 Å². The van der Waals surface area contributed by atoms with E-state index in [2.05, 4.69) is 0 Å². The summed E-state index contributed by atoms with van der Waals surface area (Å²) in [5.41, 5.74) is 0. The summed E-state index contributed by atoms with van der Waals surface area (Å²) in [4.78, 5) is 22.1. The van der Waals surface area contributed by atoms with Gasteiger partial charge in [-0.2, -0.15) is 0 Å². The molecule has 5 heteroatoms. The predicted molar refractivity (Wildman–Crippen MR) is 73.0 cm³/mol. The molecule has 0 aliphatic heterocycles. The van der Waals surface area contributed by atoms with Crippen LogP contribution in [0, 0.1) is 0 Å². The van der Waals surface area contributed by atoms with Gasteiger partial charge in [0.2, 0.25) is 0 Å². The summed E-state index contributed by atoms with van der Waals surface area (Å²) in [5, 5.41) is 1.32. The first kappa shape index (κ1) is 16.1. The molecule has 2 rings (SSSR count). The van der Waals surface area contributed by atoms with Crippen molar-refractivity contribution < 1.29 is 45.0 Å². The van der Waals surface area contributed by atoms with E-state index in [-0.39, 0.29) is 31.0 Å². The molecule has 0 amide bonds. The first-order valence-corrected chi connectivity index (χ1v) is 7.51. The van der Waals surface area contributed by atoms with E-state index in [1.807, 2.05) is 36.4 Å². The second-order valence-electron chi connectivity index (χ2n) is 3.97. The molecule has 19 heavy (non-hydrogen) atoms. The molecule has 0 bridgehead atoms. The molecule has 3 nitrogen and oxygen atoms in total. The molecule has 0 unspecified atom stereocenters. The van der Waals surface area contributed by atoms with Crippen molar-refractivity contribution in [2.24, 2.45) is 0 Å². The topological polar surface area (TPSA) is 46.5 Å². The second-order valence-corrected chi connectivity index (χ2v) is 6.62. The largest absolute Gasteiger partial charge is 1.00 e. The normalized spacial score (nSPS) is 10.4. The zero-order chi connectivity index (χ0) is 13.0. The van der Waals surface area contributed by atoms with E-state index in [9.17, 15) is 9.59 Å². The van der Waals surface area contributed by atoms with Crippen LogP contribution < -0.4 is 39.9 Å². The number of rotatable bonds is 3. The molecular weight excluding hydrogens is 267 g/mol. The minimum atomic E-state index is -3.41. The van der Waals surface area contributed by atoms with Gasteiger partial charge in [-0.3, -0.25) is 4.79 Å². The maximum atomic E-state index is 11.3.